The van der Waals surface area contributed by atoms with Crippen LogP contribution in [0, 0.1) is 0 Å². The lowest BCUT2D eigenvalue weighted by molar-refractivity contribution is -0.120. The predicted molar refractivity (Wildman–Crippen MR) is 75.7 cm³/mol. The van der Waals surface area contributed by atoms with Crippen LogP contribution in [0.3, 0.4) is 0 Å². The molecule has 1 aromatic carbocycles. The van der Waals surface area contributed by atoms with Crippen molar-refractivity contribution in [3.05, 3.63) is 24.3 Å². The quantitative estimate of drug-likeness (QED) is 0.835. The molecule has 2 aliphatic heterocycles. The summed E-state index contributed by atoms with van der Waals surface area (Å²) in [6, 6.07) is 8.98. The Labute approximate surface area is 114 Å². The first-order chi connectivity index (χ1) is 9.15. The van der Waals surface area contributed by atoms with Gasteiger partial charge in [-0.05, 0) is 38.8 Å². The van der Waals surface area contributed by atoms with E-state index in [4.69, 9.17) is 4.74 Å². The Kier molecular flexibility index (Phi) is 3.21. The second-order valence-electron chi connectivity index (χ2n) is 5.87. The highest BCUT2D eigenvalue weighted by molar-refractivity contribution is 5.83. The van der Waals surface area contributed by atoms with Gasteiger partial charge in [0.1, 0.15) is 11.5 Å². The van der Waals surface area contributed by atoms with Gasteiger partial charge in [0.2, 0.25) is 0 Å². The molecule has 2 aliphatic rings. The third-order valence-electron chi connectivity index (χ3n) is 4.05. The molecule has 2 atom stereocenters. The lowest BCUT2D eigenvalue weighted by atomic mass is 10.0. The summed E-state index contributed by atoms with van der Waals surface area (Å²) in [6.45, 7) is 4.09. The third kappa shape index (κ3) is 2.34. The summed E-state index contributed by atoms with van der Waals surface area (Å²) < 4.78 is 5.92. The van der Waals surface area contributed by atoms with Gasteiger partial charge in [0.05, 0.1) is 11.8 Å². The Morgan fingerprint density at radius 3 is 2.42 bits per heavy atom. The van der Waals surface area contributed by atoms with Crippen LogP contribution in [-0.4, -0.2) is 24.0 Å². The van der Waals surface area contributed by atoms with Crippen molar-refractivity contribution in [1.82, 2.24) is 0 Å². The van der Waals surface area contributed by atoms with Gasteiger partial charge in [-0.3, -0.25) is 4.79 Å². The maximum Gasteiger partial charge on any atom is 0.142 e. The molecule has 2 bridgehead atoms. The number of Topliss-reactive ketones (excluding diaryl/α,β-unsaturated/α-hetero) is 1. The van der Waals surface area contributed by atoms with E-state index in [9.17, 15) is 4.79 Å². The van der Waals surface area contributed by atoms with E-state index in [0.717, 1.165) is 24.3 Å². The molecule has 3 nitrogen and oxygen atoms in total. The van der Waals surface area contributed by atoms with Crippen LogP contribution in [0.5, 0.6) is 5.75 Å². The summed E-state index contributed by atoms with van der Waals surface area (Å²) in [6.07, 6.45) is 3.84. The van der Waals surface area contributed by atoms with Crippen LogP contribution in [0.15, 0.2) is 24.3 Å². The van der Waals surface area contributed by atoms with Gasteiger partial charge in [-0.25, -0.2) is 0 Å². The average molecular weight is 259 g/mol. The Hall–Kier alpha value is -1.51. The van der Waals surface area contributed by atoms with Gasteiger partial charge < -0.3 is 9.64 Å². The molecule has 0 N–H and O–H groups in total. The molecule has 102 valence electrons. The van der Waals surface area contributed by atoms with Crippen molar-refractivity contribution < 1.29 is 9.53 Å². The van der Waals surface area contributed by atoms with Crippen molar-refractivity contribution in [2.45, 2.75) is 57.7 Å². The highest BCUT2D eigenvalue weighted by Crippen LogP contribution is 2.42. The van der Waals surface area contributed by atoms with Gasteiger partial charge in [-0.15, -0.1) is 0 Å². The number of hydrogen-bond acceptors (Lipinski definition) is 3. The number of carbonyl (C=O) groups is 1. The molecule has 0 aliphatic carbocycles. The van der Waals surface area contributed by atoms with E-state index < -0.39 is 0 Å². The molecule has 0 aromatic heterocycles. The van der Waals surface area contributed by atoms with Gasteiger partial charge in [-0.2, -0.15) is 0 Å². The van der Waals surface area contributed by atoms with Crippen molar-refractivity contribution in [2.24, 2.45) is 0 Å². The molecule has 2 fully saturated rings. The first-order valence-electron chi connectivity index (χ1n) is 7.21. The first-order valence-corrected chi connectivity index (χ1v) is 7.21. The second-order valence-corrected chi connectivity index (χ2v) is 5.87. The van der Waals surface area contributed by atoms with E-state index in [1.165, 1.54) is 0 Å². The molecular formula is C16H21NO2. The fourth-order valence-electron chi connectivity index (χ4n) is 3.39. The number of hydrogen-bond donors (Lipinski definition) is 0. The monoisotopic (exact) mass is 259 g/mol. The number of fused-ring (bicyclic) bond motifs is 2. The van der Waals surface area contributed by atoms with Gasteiger partial charge >= 0.3 is 0 Å². The zero-order valence-corrected chi connectivity index (χ0v) is 11.6. The van der Waals surface area contributed by atoms with Crippen molar-refractivity contribution in [2.75, 3.05) is 4.90 Å². The number of rotatable bonds is 3. The molecule has 3 rings (SSSR count). The Balaban J connectivity index is 1.92. The molecule has 0 radical (unpaired) electrons. The minimum atomic E-state index is 0.172. The standard InChI is InChI=1S/C16H21NO2/c1-11(2)19-16-6-4-3-5-15(16)17-12-7-8-13(17)10-14(18)9-12/h3-6,11-13H,7-10H2,1-2H3. The Morgan fingerprint density at radius 1 is 1.16 bits per heavy atom. The summed E-state index contributed by atoms with van der Waals surface area (Å²) in [5, 5.41) is 0. The molecule has 2 heterocycles. The highest BCUT2D eigenvalue weighted by Gasteiger charge is 2.41. The summed E-state index contributed by atoms with van der Waals surface area (Å²) in [4.78, 5) is 14.1. The minimum Gasteiger partial charge on any atom is -0.489 e. The molecule has 19 heavy (non-hydrogen) atoms. The topological polar surface area (TPSA) is 29.5 Å². The Morgan fingerprint density at radius 2 is 1.79 bits per heavy atom. The SMILES string of the molecule is CC(C)Oc1ccccc1N1C2CCC1CC(=O)C2. The lowest BCUT2D eigenvalue weighted by Crippen LogP contribution is -2.43. The van der Waals surface area contributed by atoms with E-state index in [1.807, 2.05) is 26.0 Å². The second kappa shape index (κ2) is 4.87. The largest absolute Gasteiger partial charge is 0.489 e. The molecule has 1 aromatic rings. The number of carbonyl (C=O) groups excluding carboxylic acids is 1. The maximum absolute atomic E-state index is 11.7. The van der Waals surface area contributed by atoms with Crippen LogP contribution in [0.1, 0.15) is 39.5 Å². The fraction of sp³-hybridized carbons (Fsp3) is 0.562. The predicted octanol–water partition coefficient (Wildman–Crippen LogP) is 3.17. The average Bonchev–Trinajstić information content (AvgIpc) is 2.62. The van der Waals surface area contributed by atoms with Crippen molar-refractivity contribution in [3.8, 4) is 5.75 Å². The van der Waals surface area contributed by atoms with Gasteiger partial charge in [0.25, 0.3) is 0 Å². The van der Waals surface area contributed by atoms with E-state index in [-0.39, 0.29) is 6.10 Å². The molecule has 0 saturated carbocycles. The number of ether oxygens (including phenoxy) is 1. The Bertz CT molecular complexity index is 467. The molecule has 2 saturated heterocycles. The summed E-state index contributed by atoms with van der Waals surface area (Å²) >= 11 is 0. The number of anilines is 1. The molecular weight excluding hydrogens is 238 g/mol. The number of ketones is 1. The van der Waals surface area contributed by atoms with E-state index in [0.29, 0.717) is 30.7 Å². The number of nitrogens with zero attached hydrogens (tertiary/aromatic N) is 1. The van der Waals surface area contributed by atoms with Crippen LogP contribution in [0.2, 0.25) is 0 Å². The zero-order valence-electron chi connectivity index (χ0n) is 11.6. The third-order valence-corrected chi connectivity index (χ3v) is 4.05. The van der Waals surface area contributed by atoms with Crippen LogP contribution >= 0.6 is 0 Å². The van der Waals surface area contributed by atoms with Crippen molar-refractivity contribution in [1.29, 1.82) is 0 Å². The van der Waals surface area contributed by atoms with Gasteiger partial charge in [0, 0.05) is 24.9 Å². The van der Waals surface area contributed by atoms with Gasteiger partial charge in [0.15, 0.2) is 0 Å². The molecule has 0 amide bonds. The van der Waals surface area contributed by atoms with Gasteiger partial charge in [-0.1, -0.05) is 12.1 Å². The smallest absolute Gasteiger partial charge is 0.142 e. The number of para-hydroxylation sites is 2. The van der Waals surface area contributed by atoms with Crippen LogP contribution < -0.4 is 9.64 Å². The first kappa shape index (κ1) is 12.5. The zero-order chi connectivity index (χ0) is 13.4. The fourth-order valence-corrected chi connectivity index (χ4v) is 3.39. The summed E-state index contributed by atoms with van der Waals surface area (Å²) in [7, 11) is 0. The van der Waals surface area contributed by atoms with E-state index in [2.05, 4.69) is 17.0 Å². The number of piperidine rings is 1. The lowest BCUT2D eigenvalue weighted by Gasteiger charge is -2.37. The van der Waals surface area contributed by atoms with Crippen molar-refractivity contribution >= 4 is 11.5 Å². The maximum atomic E-state index is 11.7. The van der Waals surface area contributed by atoms with Crippen LogP contribution in [0.4, 0.5) is 5.69 Å². The summed E-state index contributed by atoms with van der Waals surface area (Å²) in [5.74, 6) is 1.37. The summed E-state index contributed by atoms with van der Waals surface area (Å²) in [5.41, 5.74) is 1.16. The van der Waals surface area contributed by atoms with Crippen LogP contribution in [0.25, 0.3) is 0 Å². The van der Waals surface area contributed by atoms with E-state index in [1.54, 1.807) is 0 Å². The molecule has 2 unspecified atom stereocenters. The molecule has 3 heteroatoms. The van der Waals surface area contributed by atoms with E-state index >= 15 is 0 Å². The molecule has 0 spiro atoms. The minimum absolute atomic E-state index is 0.172. The normalized spacial score (nSPS) is 26.1. The number of benzene rings is 1. The highest BCUT2D eigenvalue weighted by atomic mass is 16.5. The van der Waals surface area contributed by atoms with Crippen LogP contribution in [-0.2, 0) is 4.79 Å². The van der Waals surface area contributed by atoms with Crippen molar-refractivity contribution in [3.63, 3.8) is 0 Å².